The van der Waals surface area contributed by atoms with Crippen molar-refractivity contribution in [2.24, 2.45) is 52.3 Å². The van der Waals surface area contributed by atoms with Crippen molar-refractivity contribution in [3.8, 4) is 0 Å². The monoisotopic (exact) mass is 400 g/mol. The zero-order valence-electron chi connectivity index (χ0n) is 20.2. The van der Waals surface area contributed by atoms with Gasteiger partial charge < -0.3 is 5.11 Å². The van der Waals surface area contributed by atoms with Crippen LogP contribution in [0.25, 0.3) is 0 Å². The molecule has 1 N–H and O–H groups in total. The predicted molar refractivity (Wildman–Crippen MR) is 124 cm³/mol. The van der Waals surface area contributed by atoms with Gasteiger partial charge in [-0.25, -0.2) is 0 Å². The van der Waals surface area contributed by atoms with Gasteiger partial charge in [0.1, 0.15) is 0 Å². The van der Waals surface area contributed by atoms with Crippen molar-refractivity contribution in [3.05, 3.63) is 11.6 Å². The van der Waals surface area contributed by atoms with E-state index in [-0.39, 0.29) is 6.10 Å². The fourth-order valence-corrected chi connectivity index (χ4v) is 8.75. The minimum absolute atomic E-state index is 0.173. The lowest BCUT2D eigenvalue weighted by Gasteiger charge is -2.59. The summed E-state index contributed by atoms with van der Waals surface area (Å²) in [6, 6.07) is 0. The van der Waals surface area contributed by atoms with Crippen LogP contribution in [0.4, 0.5) is 0 Å². The average Bonchev–Trinajstić information content (AvgIpc) is 3.03. The second kappa shape index (κ2) is 7.99. The van der Waals surface area contributed by atoms with E-state index in [2.05, 4.69) is 47.6 Å². The SMILES string of the molecule is CC(C)C(C)CCC(C)C1CCC2C3CCC4=CC(O)CCC4(C)C3CCC12C. The molecule has 1 heteroatoms. The topological polar surface area (TPSA) is 20.2 Å². The van der Waals surface area contributed by atoms with E-state index in [1.807, 2.05) is 0 Å². The van der Waals surface area contributed by atoms with Gasteiger partial charge in [0, 0.05) is 0 Å². The summed E-state index contributed by atoms with van der Waals surface area (Å²) < 4.78 is 0. The van der Waals surface area contributed by atoms with Crippen molar-refractivity contribution in [2.75, 3.05) is 0 Å². The Morgan fingerprint density at radius 2 is 1.69 bits per heavy atom. The second-order valence-corrected chi connectivity index (χ2v) is 12.6. The first-order valence-corrected chi connectivity index (χ1v) is 13.1. The third kappa shape index (κ3) is 3.66. The highest BCUT2D eigenvalue weighted by Crippen LogP contribution is 2.67. The lowest BCUT2D eigenvalue weighted by atomic mass is 9.46. The van der Waals surface area contributed by atoms with E-state index < -0.39 is 0 Å². The summed E-state index contributed by atoms with van der Waals surface area (Å²) in [6.07, 6.45) is 15.7. The third-order valence-corrected chi connectivity index (χ3v) is 11.1. The van der Waals surface area contributed by atoms with Gasteiger partial charge >= 0.3 is 0 Å². The molecule has 0 radical (unpaired) electrons. The maximum atomic E-state index is 10.2. The van der Waals surface area contributed by atoms with Crippen LogP contribution >= 0.6 is 0 Å². The Labute approximate surface area is 181 Å². The van der Waals surface area contributed by atoms with Crippen LogP contribution in [0, 0.1) is 52.3 Å². The molecule has 9 unspecified atom stereocenters. The van der Waals surface area contributed by atoms with E-state index in [9.17, 15) is 5.11 Å². The van der Waals surface area contributed by atoms with Gasteiger partial charge in [-0.15, -0.1) is 0 Å². The van der Waals surface area contributed by atoms with Gasteiger partial charge in [-0.1, -0.05) is 66.0 Å². The van der Waals surface area contributed by atoms with Gasteiger partial charge in [0.2, 0.25) is 0 Å². The largest absolute Gasteiger partial charge is 0.389 e. The summed E-state index contributed by atoms with van der Waals surface area (Å²) in [4.78, 5) is 0. The highest BCUT2D eigenvalue weighted by molar-refractivity contribution is 5.25. The van der Waals surface area contributed by atoms with Crippen molar-refractivity contribution in [2.45, 2.75) is 112 Å². The van der Waals surface area contributed by atoms with Crippen molar-refractivity contribution in [1.29, 1.82) is 0 Å². The minimum Gasteiger partial charge on any atom is -0.389 e. The molecule has 0 aromatic heterocycles. The first-order chi connectivity index (χ1) is 13.7. The lowest BCUT2D eigenvalue weighted by molar-refractivity contribution is -0.0628. The number of hydrogen-bond donors (Lipinski definition) is 1. The van der Waals surface area contributed by atoms with Gasteiger partial charge in [0.15, 0.2) is 0 Å². The van der Waals surface area contributed by atoms with Gasteiger partial charge in [-0.3, -0.25) is 0 Å². The molecule has 29 heavy (non-hydrogen) atoms. The quantitative estimate of drug-likeness (QED) is 0.470. The van der Waals surface area contributed by atoms with E-state index in [0.717, 1.165) is 47.8 Å². The molecule has 9 atom stereocenters. The smallest absolute Gasteiger partial charge is 0.0724 e. The standard InChI is InChI=1S/C28H48O/c1-18(2)19(3)7-8-20(4)24-11-12-25-23-10-9-21-17-22(29)13-15-27(21,5)26(23)14-16-28(24,25)6/h17-20,22-26,29H,7-16H2,1-6H3. The van der Waals surface area contributed by atoms with Crippen molar-refractivity contribution in [3.63, 3.8) is 0 Å². The number of fused-ring (bicyclic) bond motifs is 5. The summed E-state index contributed by atoms with van der Waals surface area (Å²) in [5, 5.41) is 10.2. The van der Waals surface area contributed by atoms with Crippen molar-refractivity contribution in [1.82, 2.24) is 0 Å². The van der Waals surface area contributed by atoms with E-state index in [0.29, 0.717) is 10.8 Å². The summed E-state index contributed by atoms with van der Waals surface area (Å²) in [7, 11) is 0. The Morgan fingerprint density at radius 1 is 0.931 bits per heavy atom. The fraction of sp³-hybridized carbons (Fsp3) is 0.929. The number of aliphatic hydroxyl groups is 1. The molecule has 0 saturated heterocycles. The molecule has 4 rings (SSSR count). The molecule has 166 valence electrons. The van der Waals surface area contributed by atoms with E-state index >= 15 is 0 Å². The van der Waals surface area contributed by atoms with Gasteiger partial charge in [0.25, 0.3) is 0 Å². The Hall–Kier alpha value is -0.300. The zero-order chi connectivity index (χ0) is 21.0. The van der Waals surface area contributed by atoms with E-state index in [1.54, 1.807) is 5.57 Å². The Morgan fingerprint density at radius 3 is 2.41 bits per heavy atom. The van der Waals surface area contributed by atoms with E-state index in [4.69, 9.17) is 0 Å². The fourth-order valence-electron chi connectivity index (χ4n) is 8.75. The van der Waals surface area contributed by atoms with Crippen molar-refractivity contribution >= 4 is 0 Å². The number of aliphatic hydroxyl groups excluding tert-OH is 1. The Kier molecular flexibility index (Phi) is 6.04. The molecule has 4 aliphatic carbocycles. The first-order valence-electron chi connectivity index (χ1n) is 13.1. The minimum atomic E-state index is -0.173. The molecule has 0 bridgehead atoms. The molecule has 3 fully saturated rings. The van der Waals surface area contributed by atoms with Crippen LogP contribution in [0.3, 0.4) is 0 Å². The first kappa shape index (κ1) is 21.9. The highest BCUT2D eigenvalue weighted by atomic mass is 16.3. The summed E-state index contributed by atoms with van der Waals surface area (Å²) in [5.74, 6) is 6.31. The van der Waals surface area contributed by atoms with Crippen molar-refractivity contribution < 1.29 is 5.11 Å². The zero-order valence-corrected chi connectivity index (χ0v) is 20.2. The van der Waals surface area contributed by atoms with Gasteiger partial charge in [-0.05, 0) is 104 Å². The van der Waals surface area contributed by atoms with Crippen LogP contribution in [-0.4, -0.2) is 11.2 Å². The number of hydrogen-bond acceptors (Lipinski definition) is 1. The summed E-state index contributed by atoms with van der Waals surface area (Å²) in [5.41, 5.74) is 2.60. The molecule has 0 aromatic rings. The molecular formula is C28H48O. The molecule has 0 aromatic carbocycles. The Bertz CT molecular complexity index is 620. The maximum Gasteiger partial charge on any atom is 0.0724 e. The van der Waals surface area contributed by atoms with Gasteiger partial charge in [-0.2, -0.15) is 0 Å². The summed E-state index contributed by atoms with van der Waals surface area (Å²) in [6.45, 7) is 15.1. The highest BCUT2D eigenvalue weighted by Gasteiger charge is 2.59. The molecule has 0 amide bonds. The molecule has 4 aliphatic rings. The molecular weight excluding hydrogens is 352 g/mol. The van der Waals surface area contributed by atoms with E-state index in [1.165, 1.54) is 57.8 Å². The Balaban J connectivity index is 1.48. The third-order valence-electron chi connectivity index (χ3n) is 11.1. The molecule has 0 spiro atoms. The number of allylic oxidation sites excluding steroid dienone is 1. The normalized spacial score (nSPS) is 46.5. The lowest BCUT2D eigenvalue weighted by Crippen LogP contribution is -2.51. The number of rotatable bonds is 5. The van der Waals surface area contributed by atoms with Crippen LogP contribution in [0.15, 0.2) is 11.6 Å². The van der Waals surface area contributed by atoms with Crippen LogP contribution < -0.4 is 0 Å². The van der Waals surface area contributed by atoms with Crippen LogP contribution in [-0.2, 0) is 0 Å². The molecule has 0 heterocycles. The molecule has 0 aliphatic heterocycles. The van der Waals surface area contributed by atoms with Crippen LogP contribution in [0.2, 0.25) is 0 Å². The molecule has 1 nitrogen and oxygen atoms in total. The predicted octanol–water partition coefficient (Wildman–Crippen LogP) is 7.63. The average molecular weight is 401 g/mol. The van der Waals surface area contributed by atoms with Gasteiger partial charge in [0.05, 0.1) is 6.10 Å². The second-order valence-electron chi connectivity index (χ2n) is 12.6. The molecule has 3 saturated carbocycles. The van der Waals surface area contributed by atoms with Crippen LogP contribution in [0.1, 0.15) is 106 Å². The summed E-state index contributed by atoms with van der Waals surface area (Å²) >= 11 is 0. The maximum absolute atomic E-state index is 10.2. The van der Waals surface area contributed by atoms with Crippen LogP contribution in [0.5, 0.6) is 0 Å².